The molecule has 0 saturated carbocycles. The minimum Gasteiger partial charge on any atom is -0.355 e. The van der Waals surface area contributed by atoms with Crippen molar-refractivity contribution in [2.75, 3.05) is 16.0 Å². The zero-order valence-corrected chi connectivity index (χ0v) is 19.7. The molecule has 0 aliphatic carbocycles. The number of pyridine rings is 1. The van der Waals surface area contributed by atoms with Gasteiger partial charge < -0.3 is 16.0 Å². The Bertz CT molecular complexity index is 1380. The van der Waals surface area contributed by atoms with Crippen LogP contribution in [0.15, 0.2) is 102 Å². The molecule has 6 heteroatoms. The van der Waals surface area contributed by atoms with E-state index in [1.165, 1.54) is 0 Å². The molecule has 6 nitrogen and oxygen atoms in total. The van der Waals surface area contributed by atoms with Crippen LogP contribution in [0.2, 0.25) is 0 Å². The van der Waals surface area contributed by atoms with Crippen molar-refractivity contribution in [2.45, 2.75) is 13.8 Å². The molecule has 35 heavy (non-hydrogen) atoms. The highest BCUT2D eigenvalue weighted by Crippen LogP contribution is 2.29. The fourth-order valence-electron chi connectivity index (χ4n) is 3.67. The fraction of sp³-hybridized carbons (Fsp3) is 0.0690. The zero-order valence-electron chi connectivity index (χ0n) is 19.7. The second kappa shape index (κ2) is 10.9. The fourth-order valence-corrected chi connectivity index (χ4v) is 3.67. The summed E-state index contributed by atoms with van der Waals surface area (Å²) in [4.78, 5) is 21.1. The minimum absolute atomic E-state index is 0.191. The molecule has 1 amide bonds. The summed E-state index contributed by atoms with van der Waals surface area (Å²) in [5.74, 6) is -0.191. The molecule has 0 spiro atoms. The Labute approximate surface area is 205 Å². The second-order valence-electron chi connectivity index (χ2n) is 7.98. The highest BCUT2D eigenvalue weighted by atomic mass is 16.1. The van der Waals surface area contributed by atoms with E-state index in [2.05, 4.69) is 38.7 Å². The van der Waals surface area contributed by atoms with Crippen molar-refractivity contribution >= 4 is 46.8 Å². The average Bonchev–Trinajstić information content (AvgIpc) is 2.88. The number of aryl methyl sites for hydroxylation is 1. The van der Waals surface area contributed by atoms with Gasteiger partial charge in [0, 0.05) is 52.0 Å². The van der Waals surface area contributed by atoms with E-state index >= 15 is 0 Å². The van der Waals surface area contributed by atoms with Gasteiger partial charge in [0.25, 0.3) is 5.91 Å². The van der Waals surface area contributed by atoms with Gasteiger partial charge >= 0.3 is 0 Å². The smallest absolute Gasteiger partial charge is 0.255 e. The van der Waals surface area contributed by atoms with Gasteiger partial charge in [-0.1, -0.05) is 29.8 Å². The topological polar surface area (TPSA) is 78.4 Å². The third-order valence-corrected chi connectivity index (χ3v) is 5.39. The molecule has 0 unspecified atom stereocenters. The molecular weight excluding hydrogens is 434 g/mol. The maximum Gasteiger partial charge on any atom is 0.255 e. The number of carbonyl (C=O) groups excluding carboxylic acids is 1. The number of amides is 1. The Morgan fingerprint density at radius 1 is 0.857 bits per heavy atom. The normalized spacial score (nSPS) is 11.0. The van der Waals surface area contributed by atoms with E-state index in [0.29, 0.717) is 11.3 Å². The molecule has 0 fully saturated rings. The molecule has 3 N–H and O–H groups in total. The summed E-state index contributed by atoms with van der Waals surface area (Å²) < 4.78 is 0. The Morgan fingerprint density at radius 2 is 1.57 bits per heavy atom. The van der Waals surface area contributed by atoms with Gasteiger partial charge in [0.1, 0.15) is 0 Å². The highest BCUT2D eigenvalue weighted by Gasteiger charge is 2.10. The summed E-state index contributed by atoms with van der Waals surface area (Å²) in [6.45, 7) is 7.70. The van der Waals surface area contributed by atoms with Crippen LogP contribution in [0.4, 0.5) is 28.4 Å². The lowest BCUT2D eigenvalue weighted by Crippen LogP contribution is -2.12. The Balaban J connectivity index is 1.49. The quantitative estimate of drug-likeness (QED) is 0.243. The molecular formula is C29H27N5O. The molecule has 0 atom stereocenters. The van der Waals surface area contributed by atoms with Crippen molar-refractivity contribution in [1.82, 2.24) is 4.98 Å². The van der Waals surface area contributed by atoms with Gasteiger partial charge in [-0.15, -0.1) is 0 Å². The molecule has 3 aromatic carbocycles. The second-order valence-corrected chi connectivity index (χ2v) is 7.98. The number of rotatable bonds is 8. The van der Waals surface area contributed by atoms with Crippen LogP contribution in [0.3, 0.4) is 0 Å². The first-order valence-corrected chi connectivity index (χ1v) is 11.3. The average molecular weight is 462 g/mol. The molecule has 4 rings (SSSR count). The van der Waals surface area contributed by atoms with E-state index in [4.69, 9.17) is 0 Å². The van der Waals surface area contributed by atoms with Gasteiger partial charge in [-0.25, -0.2) is 0 Å². The van der Waals surface area contributed by atoms with Gasteiger partial charge in [0.2, 0.25) is 0 Å². The summed E-state index contributed by atoms with van der Waals surface area (Å²) >= 11 is 0. The maximum absolute atomic E-state index is 13.0. The molecule has 4 aromatic rings. The predicted octanol–water partition coefficient (Wildman–Crippen LogP) is 7.19. The molecule has 174 valence electrons. The first-order chi connectivity index (χ1) is 17.1. The number of benzene rings is 3. The van der Waals surface area contributed by atoms with Crippen LogP contribution in [0.25, 0.3) is 5.70 Å². The van der Waals surface area contributed by atoms with Crippen LogP contribution in [0.5, 0.6) is 0 Å². The minimum atomic E-state index is -0.191. The number of anilines is 4. The number of aliphatic imine (C=N–C) groups is 1. The van der Waals surface area contributed by atoms with Crippen LogP contribution in [0, 0.1) is 6.92 Å². The van der Waals surface area contributed by atoms with Crippen molar-refractivity contribution in [3.05, 3.63) is 114 Å². The number of nitrogens with zero attached hydrogens (tertiary/aromatic N) is 2. The Morgan fingerprint density at radius 3 is 2.31 bits per heavy atom. The van der Waals surface area contributed by atoms with Crippen molar-refractivity contribution in [2.24, 2.45) is 4.99 Å². The van der Waals surface area contributed by atoms with Crippen molar-refractivity contribution < 1.29 is 4.79 Å². The Kier molecular flexibility index (Phi) is 7.33. The molecule has 0 aliphatic heterocycles. The van der Waals surface area contributed by atoms with Crippen LogP contribution >= 0.6 is 0 Å². The Hall–Kier alpha value is -4.71. The van der Waals surface area contributed by atoms with E-state index in [-0.39, 0.29) is 5.91 Å². The van der Waals surface area contributed by atoms with E-state index in [9.17, 15) is 4.79 Å². The van der Waals surface area contributed by atoms with Gasteiger partial charge in [-0.3, -0.25) is 14.8 Å². The molecule has 0 radical (unpaired) electrons. The van der Waals surface area contributed by atoms with Crippen LogP contribution in [-0.2, 0) is 0 Å². The number of nitrogens with one attached hydrogen (secondary N) is 3. The molecule has 0 bridgehead atoms. The lowest BCUT2D eigenvalue weighted by molar-refractivity contribution is 0.102. The summed E-state index contributed by atoms with van der Waals surface area (Å²) in [6.07, 6.45) is 5.43. The standard InChI is InChI=1S/C29H27N5O/c1-4-27(26-17-20(2)11-12-28(26)30-3)33-24-9-6-10-25(19-24)34-29(35)21-7-5-8-23(18-21)32-22-13-15-31-16-14-22/h4-19,33H,3H2,1-2H3,(H,31,32)(H,34,35)/b27-4+. The van der Waals surface area contributed by atoms with E-state index in [1.807, 2.05) is 86.7 Å². The molecule has 1 heterocycles. The van der Waals surface area contributed by atoms with Crippen molar-refractivity contribution in [3.63, 3.8) is 0 Å². The van der Waals surface area contributed by atoms with E-state index in [1.54, 1.807) is 18.5 Å². The number of carbonyl (C=O) groups is 1. The van der Waals surface area contributed by atoms with Gasteiger partial charge in [0.15, 0.2) is 0 Å². The molecule has 0 saturated heterocycles. The van der Waals surface area contributed by atoms with Gasteiger partial charge in [-0.05, 0) is 81.2 Å². The van der Waals surface area contributed by atoms with Crippen molar-refractivity contribution in [1.29, 1.82) is 0 Å². The highest BCUT2D eigenvalue weighted by molar-refractivity contribution is 6.05. The summed E-state index contributed by atoms with van der Waals surface area (Å²) in [5, 5.41) is 9.71. The summed E-state index contributed by atoms with van der Waals surface area (Å²) in [6, 6.07) is 24.8. The third-order valence-electron chi connectivity index (χ3n) is 5.39. The predicted molar refractivity (Wildman–Crippen MR) is 146 cm³/mol. The number of aromatic nitrogens is 1. The number of hydrogen-bond acceptors (Lipinski definition) is 5. The zero-order chi connectivity index (χ0) is 24.6. The maximum atomic E-state index is 13.0. The SMILES string of the molecule is C=Nc1ccc(C)cc1/C(=C\C)Nc1cccc(NC(=O)c2cccc(Nc3ccncc3)c2)c1. The first kappa shape index (κ1) is 23.4. The van der Waals surface area contributed by atoms with Gasteiger partial charge in [0.05, 0.1) is 5.69 Å². The molecule has 0 aliphatic rings. The van der Waals surface area contributed by atoms with Crippen LogP contribution in [-0.4, -0.2) is 17.6 Å². The van der Waals surface area contributed by atoms with E-state index in [0.717, 1.165) is 39.6 Å². The third kappa shape index (κ3) is 6.00. The lowest BCUT2D eigenvalue weighted by Gasteiger charge is -2.15. The van der Waals surface area contributed by atoms with Gasteiger partial charge in [-0.2, -0.15) is 0 Å². The van der Waals surface area contributed by atoms with Crippen LogP contribution < -0.4 is 16.0 Å². The largest absolute Gasteiger partial charge is 0.355 e. The van der Waals surface area contributed by atoms with Crippen LogP contribution in [0.1, 0.15) is 28.4 Å². The summed E-state index contributed by atoms with van der Waals surface area (Å²) in [5.41, 5.74) is 7.63. The summed E-state index contributed by atoms with van der Waals surface area (Å²) in [7, 11) is 0. The number of allylic oxidation sites excluding steroid dienone is 1. The molecule has 1 aromatic heterocycles. The van der Waals surface area contributed by atoms with Crippen molar-refractivity contribution in [3.8, 4) is 0 Å². The first-order valence-electron chi connectivity index (χ1n) is 11.3. The number of hydrogen-bond donors (Lipinski definition) is 3. The monoisotopic (exact) mass is 461 g/mol. The van der Waals surface area contributed by atoms with E-state index < -0.39 is 0 Å². The lowest BCUT2D eigenvalue weighted by atomic mass is 10.1.